The van der Waals surface area contributed by atoms with E-state index in [0.29, 0.717) is 11.4 Å². The van der Waals surface area contributed by atoms with Crippen molar-refractivity contribution in [3.05, 3.63) is 94.2 Å². The first kappa shape index (κ1) is 18.6. The Bertz CT molecular complexity index is 1210. The van der Waals surface area contributed by atoms with E-state index in [1.165, 1.54) is 21.5 Å². The van der Waals surface area contributed by atoms with Gasteiger partial charge in [-0.05, 0) is 64.4 Å². The van der Waals surface area contributed by atoms with Crippen LogP contribution in [-0.4, -0.2) is 19.8 Å². The van der Waals surface area contributed by atoms with Gasteiger partial charge in [-0.2, -0.15) is 9.36 Å². The average molecular weight is 390 g/mol. The molecule has 4 rings (SSSR count). The van der Waals surface area contributed by atoms with Gasteiger partial charge in [0, 0.05) is 12.6 Å². The summed E-state index contributed by atoms with van der Waals surface area (Å²) in [6.07, 6.45) is 0. The summed E-state index contributed by atoms with van der Waals surface area (Å²) in [5.74, 6) is 0.403. The fourth-order valence-electron chi connectivity index (χ4n) is 3.10. The molecule has 0 saturated heterocycles. The highest BCUT2D eigenvalue weighted by Crippen LogP contribution is 2.26. The lowest BCUT2D eigenvalue weighted by atomic mass is 10.1. The van der Waals surface area contributed by atoms with Gasteiger partial charge in [-0.25, -0.2) is 9.18 Å². The Morgan fingerprint density at radius 1 is 0.966 bits per heavy atom. The molecule has 0 bridgehead atoms. The van der Waals surface area contributed by atoms with Crippen LogP contribution in [-0.2, 0) is 13.7 Å². The molecule has 0 atom stereocenters. The van der Waals surface area contributed by atoms with E-state index in [2.05, 4.69) is 10.4 Å². The predicted octanol–water partition coefficient (Wildman–Crippen LogP) is 3.66. The number of ether oxygens (including phenoxy) is 1. The lowest BCUT2D eigenvalue weighted by Gasteiger charge is -2.13. The zero-order valence-electron chi connectivity index (χ0n) is 16.0. The molecular weight excluding hydrogens is 371 g/mol. The van der Waals surface area contributed by atoms with Crippen LogP contribution in [0.4, 0.5) is 4.39 Å². The Morgan fingerprint density at radius 3 is 2.45 bits per heavy atom. The number of rotatable bonds is 5. The summed E-state index contributed by atoms with van der Waals surface area (Å²) < 4.78 is 21.6. The molecule has 0 radical (unpaired) electrons. The van der Waals surface area contributed by atoms with Gasteiger partial charge in [-0.15, -0.1) is 0 Å². The molecule has 29 heavy (non-hydrogen) atoms. The van der Waals surface area contributed by atoms with Crippen LogP contribution < -0.4 is 10.4 Å². The second-order valence-electron chi connectivity index (χ2n) is 6.69. The maximum Gasteiger partial charge on any atom is 0.368 e. The van der Waals surface area contributed by atoms with Crippen LogP contribution in [0.2, 0.25) is 0 Å². The van der Waals surface area contributed by atoms with Crippen LogP contribution in [0.15, 0.2) is 71.5 Å². The summed E-state index contributed by atoms with van der Waals surface area (Å²) >= 11 is 0. The van der Waals surface area contributed by atoms with Crippen LogP contribution in [0.1, 0.15) is 11.1 Å². The van der Waals surface area contributed by atoms with Gasteiger partial charge in [-0.3, -0.25) is 0 Å². The highest BCUT2D eigenvalue weighted by atomic mass is 19.1. The smallest absolute Gasteiger partial charge is 0.368 e. The zero-order valence-corrected chi connectivity index (χ0v) is 16.0. The highest BCUT2D eigenvalue weighted by molar-refractivity contribution is 5.65. The number of tetrazole rings is 1. The Labute approximate surface area is 166 Å². The molecule has 1 heterocycles. The van der Waals surface area contributed by atoms with Gasteiger partial charge in [0.1, 0.15) is 18.2 Å². The van der Waals surface area contributed by atoms with E-state index in [-0.39, 0.29) is 18.1 Å². The molecule has 0 amide bonds. The molecule has 0 N–H and O–H groups in total. The van der Waals surface area contributed by atoms with Crippen molar-refractivity contribution in [1.82, 2.24) is 19.8 Å². The molecule has 0 unspecified atom stereocenters. The Hall–Kier alpha value is -3.74. The molecule has 3 aromatic carbocycles. The first-order valence-electron chi connectivity index (χ1n) is 9.09. The third-order valence-electron chi connectivity index (χ3n) is 4.73. The number of benzene rings is 3. The van der Waals surface area contributed by atoms with Crippen molar-refractivity contribution in [2.24, 2.45) is 7.05 Å². The van der Waals surface area contributed by atoms with Crippen molar-refractivity contribution in [1.29, 1.82) is 0 Å². The normalized spacial score (nSPS) is 10.9. The summed E-state index contributed by atoms with van der Waals surface area (Å²) in [6, 6.07) is 19.6. The molecule has 7 heteroatoms. The van der Waals surface area contributed by atoms with E-state index in [1.54, 1.807) is 19.2 Å². The van der Waals surface area contributed by atoms with Gasteiger partial charge in [0.15, 0.2) is 0 Å². The number of halogens is 1. The SMILES string of the molecule is Cc1cccc(-n2nnn(C)c2=O)c1COc1cccc(-c2ccc(F)cc2)c1. The Morgan fingerprint density at radius 2 is 1.72 bits per heavy atom. The fourth-order valence-corrected chi connectivity index (χ4v) is 3.10. The monoisotopic (exact) mass is 390 g/mol. The largest absolute Gasteiger partial charge is 0.489 e. The molecule has 0 saturated carbocycles. The fraction of sp³-hybridized carbons (Fsp3) is 0.136. The van der Waals surface area contributed by atoms with Crippen molar-refractivity contribution < 1.29 is 9.13 Å². The van der Waals surface area contributed by atoms with E-state index >= 15 is 0 Å². The molecule has 0 spiro atoms. The minimum atomic E-state index is -0.324. The van der Waals surface area contributed by atoms with Crippen LogP contribution in [0.25, 0.3) is 16.8 Å². The van der Waals surface area contributed by atoms with Gasteiger partial charge in [0.05, 0.1) is 5.69 Å². The van der Waals surface area contributed by atoms with Crippen molar-refractivity contribution in [3.8, 4) is 22.6 Å². The minimum Gasteiger partial charge on any atom is -0.489 e. The summed E-state index contributed by atoms with van der Waals surface area (Å²) in [5.41, 5.74) is 3.97. The first-order chi connectivity index (χ1) is 14.0. The number of aromatic nitrogens is 4. The predicted molar refractivity (Wildman–Crippen MR) is 108 cm³/mol. The highest BCUT2D eigenvalue weighted by Gasteiger charge is 2.13. The number of hydrogen-bond acceptors (Lipinski definition) is 4. The summed E-state index contributed by atoms with van der Waals surface area (Å²) in [4.78, 5) is 12.3. The minimum absolute atomic E-state index is 0.262. The average Bonchev–Trinajstić information content (AvgIpc) is 3.06. The molecule has 4 aromatic rings. The maximum absolute atomic E-state index is 13.2. The van der Waals surface area contributed by atoms with Gasteiger partial charge in [0.2, 0.25) is 0 Å². The van der Waals surface area contributed by atoms with E-state index in [4.69, 9.17) is 4.74 Å². The van der Waals surface area contributed by atoms with Crippen molar-refractivity contribution in [2.45, 2.75) is 13.5 Å². The second kappa shape index (κ2) is 7.71. The number of aryl methyl sites for hydroxylation is 2. The number of nitrogens with zero attached hydrogens (tertiary/aromatic N) is 4. The molecular formula is C22H19FN4O2. The van der Waals surface area contributed by atoms with E-state index in [1.807, 2.05) is 49.4 Å². The summed E-state index contributed by atoms with van der Waals surface area (Å²) in [5, 5.41) is 7.72. The molecule has 0 aliphatic carbocycles. The van der Waals surface area contributed by atoms with Crippen molar-refractivity contribution in [3.63, 3.8) is 0 Å². The second-order valence-corrected chi connectivity index (χ2v) is 6.69. The summed E-state index contributed by atoms with van der Waals surface area (Å²) in [7, 11) is 1.55. The zero-order chi connectivity index (χ0) is 20.4. The molecule has 0 fully saturated rings. The molecule has 146 valence electrons. The van der Waals surface area contributed by atoms with Crippen LogP contribution >= 0.6 is 0 Å². The van der Waals surface area contributed by atoms with E-state index in [0.717, 1.165) is 22.3 Å². The first-order valence-corrected chi connectivity index (χ1v) is 9.09. The lowest BCUT2D eigenvalue weighted by Crippen LogP contribution is -2.23. The van der Waals surface area contributed by atoms with E-state index in [9.17, 15) is 9.18 Å². The summed E-state index contributed by atoms with van der Waals surface area (Å²) in [6.45, 7) is 2.22. The quantitative estimate of drug-likeness (QED) is 0.522. The van der Waals surface area contributed by atoms with Crippen LogP contribution in [0, 0.1) is 12.7 Å². The molecule has 0 aliphatic heterocycles. The van der Waals surface area contributed by atoms with Gasteiger partial charge >= 0.3 is 5.69 Å². The molecule has 0 aliphatic rings. The number of hydrogen-bond donors (Lipinski definition) is 0. The third kappa shape index (κ3) is 3.80. The lowest BCUT2D eigenvalue weighted by molar-refractivity contribution is 0.305. The molecule has 6 nitrogen and oxygen atoms in total. The van der Waals surface area contributed by atoms with Gasteiger partial charge < -0.3 is 4.74 Å². The standard InChI is InChI=1S/C22H19FN4O2/c1-15-5-3-8-21(27-22(28)26(2)24-25-27)20(15)14-29-19-7-4-6-17(13-19)16-9-11-18(23)12-10-16/h3-13H,14H2,1-2H3. The van der Waals surface area contributed by atoms with E-state index < -0.39 is 0 Å². The van der Waals surface area contributed by atoms with Gasteiger partial charge in [-0.1, -0.05) is 36.4 Å². The maximum atomic E-state index is 13.2. The van der Waals surface area contributed by atoms with Crippen LogP contribution in [0.3, 0.4) is 0 Å². The van der Waals surface area contributed by atoms with Gasteiger partial charge in [0.25, 0.3) is 0 Å². The third-order valence-corrected chi connectivity index (χ3v) is 4.73. The topological polar surface area (TPSA) is 61.9 Å². The Kier molecular flexibility index (Phi) is 4.95. The van der Waals surface area contributed by atoms with Crippen LogP contribution in [0.5, 0.6) is 5.75 Å². The van der Waals surface area contributed by atoms with Crippen molar-refractivity contribution >= 4 is 0 Å². The Balaban J connectivity index is 1.62. The van der Waals surface area contributed by atoms with Crippen molar-refractivity contribution in [2.75, 3.05) is 0 Å². The molecule has 1 aromatic heterocycles.